The van der Waals surface area contributed by atoms with E-state index in [0.29, 0.717) is 20.6 Å². The van der Waals surface area contributed by atoms with Gasteiger partial charge < -0.3 is 4.57 Å². The monoisotopic (exact) mass is 463 g/mol. The van der Waals surface area contributed by atoms with Gasteiger partial charge in [0.2, 0.25) is 10.0 Å². The number of benzene rings is 2. The molecule has 0 fully saturated rings. The number of aromatic nitrogens is 1. The highest BCUT2D eigenvalue weighted by Crippen LogP contribution is 2.21. The van der Waals surface area contributed by atoms with Crippen molar-refractivity contribution in [3.63, 3.8) is 0 Å². The third kappa shape index (κ3) is 4.85. The predicted octanol–water partition coefficient (Wildman–Crippen LogP) is 1.06. The van der Waals surface area contributed by atoms with Crippen LogP contribution < -0.4 is 9.94 Å². The van der Waals surface area contributed by atoms with Crippen molar-refractivity contribution >= 4 is 47.3 Å². The van der Waals surface area contributed by atoms with E-state index in [0.717, 1.165) is 17.6 Å². The van der Waals surface area contributed by atoms with Crippen molar-refractivity contribution in [1.29, 1.82) is 0 Å². The molecular weight excluding hydrogens is 446 g/mol. The van der Waals surface area contributed by atoms with Gasteiger partial charge in [-0.3, -0.25) is 4.79 Å². The van der Waals surface area contributed by atoms with Gasteiger partial charge in [0.15, 0.2) is 14.6 Å². The minimum atomic E-state index is -3.87. The fraction of sp³-hybridized carbons (Fsp3) is 0.158. The van der Waals surface area contributed by atoms with Gasteiger partial charge in [-0.05, 0) is 35.9 Å². The lowest BCUT2D eigenvalue weighted by molar-refractivity contribution is -0.117. The van der Waals surface area contributed by atoms with Crippen molar-refractivity contribution in [3.05, 3.63) is 52.8 Å². The summed E-state index contributed by atoms with van der Waals surface area (Å²) in [6.45, 7) is 0.143. The van der Waals surface area contributed by atoms with E-state index in [-0.39, 0.29) is 22.8 Å². The highest BCUT2D eigenvalue weighted by Gasteiger charge is 2.13. The first kappa shape index (κ1) is 21.9. The lowest BCUT2D eigenvalue weighted by Crippen LogP contribution is -2.17. The number of hydrogen-bond acceptors (Lipinski definition) is 6. The molecular formula is C19H17N3O5S3. The maximum absolute atomic E-state index is 12.5. The number of terminal acetylenes is 1. The van der Waals surface area contributed by atoms with Crippen LogP contribution in [0.3, 0.4) is 0 Å². The number of nitrogens with two attached hydrogens (primary N) is 1. The topological polar surface area (TPSA) is 129 Å². The molecule has 11 heteroatoms. The quantitative estimate of drug-likeness (QED) is 0.566. The van der Waals surface area contributed by atoms with Crippen LogP contribution in [-0.4, -0.2) is 33.6 Å². The summed E-state index contributed by atoms with van der Waals surface area (Å²) in [5.74, 6) is 2.04. The molecule has 3 rings (SSSR count). The third-order valence-corrected chi connectivity index (χ3v) is 7.24. The summed E-state index contributed by atoms with van der Waals surface area (Å²) in [6.07, 6.45) is 6.50. The van der Waals surface area contributed by atoms with Gasteiger partial charge in [-0.25, -0.2) is 22.0 Å². The van der Waals surface area contributed by atoms with Crippen LogP contribution in [0.5, 0.6) is 0 Å². The van der Waals surface area contributed by atoms with Crippen LogP contribution >= 0.6 is 11.3 Å². The second kappa shape index (κ2) is 8.16. The SMILES string of the molecule is C#CCn1c(=NC(=O)Cc2ccc(S(C)(=O)=O)cc2)sc2cc(S(N)(=O)=O)ccc21. The zero-order chi connectivity index (χ0) is 22.1. The molecule has 0 atom stereocenters. The maximum atomic E-state index is 12.5. The molecule has 0 aliphatic carbocycles. The Morgan fingerprint density at radius 3 is 2.33 bits per heavy atom. The minimum absolute atomic E-state index is 0.0310. The molecule has 2 N–H and O–H groups in total. The Balaban J connectivity index is 1.99. The standard InChI is InChI=1S/C19H17N3O5S3/c1-3-10-22-16-9-8-15(30(20,26)27)12-17(16)28-19(22)21-18(23)11-13-4-6-14(7-5-13)29(2,24)25/h1,4-9,12H,10-11H2,2H3,(H2,20,26,27). The normalized spacial score (nSPS) is 12.8. The Kier molecular flexibility index (Phi) is 5.96. The number of carbonyl (C=O) groups excluding carboxylic acids is 1. The van der Waals surface area contributed by atoms with E-state index in [2.05, 4.69) is 10.9 Å². The first-order valence-electron chi connectivity index (χ1n) is 8.45. The number of amides is 1. The molecule has 1 heterocycles. The largest absolute Gasteiger partial charge is 0.305 e. The van der Waals surface area contributed by atoms with Crippen molar-refractivity contribution in [2.45, 2.75) is 22.8 Å². The number of nitrogens with zero attached hydrogens (tertiary/aromatic N) is 2. The average molecular weight is 464 g/mol. The molecule has 30 heavy (non-hydrogen) atoms. The highest BCUT2D eigenvalue weighted by molar-refractivity contribution is 7.90. The fourth-order valence-corrected chi connectivity index (χ4v) is 5.07. The van der Waals surface area contributed by atoms with Crippen LogP contribution in [0.4, 0.5) is 0 Å². The molecule has 8 nitrogen and oxygen atoms in total. The molecule has 0 radical (unpaired) electrons. The zero-order valence-electron chi connectivity index (χ0n) is 15.8. The van der Waals surface area contributed by atoms with Gasteiger partial charge in [0, 0.05) is 6.26 Å². The number of sulfone groups is 1. The summed E-state index contributed by atoms with van der Waals surface area (Å²) in [6, 6.07) is 10.3. The van der Waals surface area contributed by atoms with E-state index in [1.54, 1.807) is 22.8 Å². The summed E-state index contributed by atoms with van der Waals surface area (Å²) < 4.78 is 48.4. The summed E-state index contributed by atoms with van der Waals surface area (Å²) in [5, 5.41) is 5.18. The number of sulfonamides is 1. The van der Waals surface area contributed by atoms with E-state index >= 15 is 0 Å². The predicted molar refractivity (Wildman–Crippen MR) is 114 cm³/mol. The molecule has 1 amide bonds. The second-order valence-electron chi connectivity index (χ2n) is 6.45. The number of hydrogen-bond donors (Lipinski definition) is 1. The van der Waals surface area contributed by atoms with Gasteiger partial charge in [-0.1, -0.05) is 29.4 Å². The number of fused-ring (bicyclic) bond motifs is 1. The van der Waals surface area contributed by atoms with E-state index in [1.165, 1.54) is 24.3 Å². The van der Waals surface area contributed by atoms with Crippen LogP contribution in [0.25, 0.3) is 10.2 Å². The summed E-state index contributed by atoms with van der Waals surface area (Å²) in [4.78, 5) is 17.0. The lowest BCUT2D eigenvalue weighted by atomic mass is 10.1. The first-order valence-corrected chi connectivity index (χ1v) is 12.7. The number of thiazole rings is 1. The van der Waals surface area contributed by atoms with E-state index in [9.17, 15) is 21.6 Å². The molecule has 156 valence electrons. The van der Waals surface area contributed by atoms with Crippen LogP contribution in [0.1, 0.15) is 5.56 Å². The smallest absolute Gasteiger partial charge is 0.252 e. The Bertz CT molecular complexity index is 1460. The van der Waals surface area contributed by atoms with E-state index in [4.69, 9.17) is 11.6 Å². The lowest BCUT2D eigenvalue weighted by Gasteiger charge is -2.02. The van der Waals surface area contributed by atoms with Crippen LogP contribution in [0.15, 0.2) is 57.2 Å². The Hall–Kier alpha value is -2.78. The second-order valence-corrected chi connectivity index (χ2v) is 11.0. The summed E-state index contributed by atoms with van der Waals surface area (Å²) >= 11 is 1.12. The van der Waals surface area contributed by atoms with Crippen molar-refractivity contribution in [2.75, 3.05) is 6.26 Å². The van der Waals surface area contributed by atoms with Gasteiger partial charge in [0.05, 0.1) is 33.0 Å². The molecule has 3 aromatic rings. The highest BCUT2D eigenvalue weighted by atomic mass is 32.2. The van der Waals surface area contributed by atoms with Crippen LogP contribution in [0.2, 0.25) is 0 Å². The maximum Gasteiger partial charge on any atom is 0.252 e. The molecule has 0 unspecified atom stereocenters. The third-order valence-electron chi connectivity index (χ3n) is 4.16. The Morgan fingerprint density at radius 1 is 1.13 bits per heavy atom. The first-order chi connectivity index (χ1) is 14.0. The molecule has 0 aliphatic rings. The number of rotatable bonds is 5. The summed E-state index contributed by atoms with van der Waals surface area (Å²) in [7, 11) is -7.19. The van der Waals surface area contributed by atoms with Crippen LogP contribution in [0, 0.1) is 12.3 Å². The molecule has 0 bridgehead atoms. The van der Waals surface area contributed by atoms with Crippen molar-refractivity contribution in [1.82, 2.24) is 4.57 Å². The Labute approximate surface area is 177 Å². The van der Waals surface area contributed by atoms with Gasteiger partial charge in [0.25, 0.3) is 5.91 Å². The van der Waals surface area contributed by atoms with E-state index in [1.807, 2.05) is 0 Å². The van der Waals surface area contributed by atoms with Gasteiger partial charge in [-0.2, -0.15) is 4.99 Å². The molecule has 0 spiro atoms. The molecule has 0 saturated carbocycles. The molecule has 0 saturated heterocycles. The fourth-order valence-electron chi connectivity index (χ4n) is 2.74. The van der Waals surface area contributed by atoms with Crippen molar-refractivity contribution < 1.29 is 21.6 Å². The zero-order valence-corrected chi connectivity index (χ0v) is 18.2. The van der Waals surface area contributed by atoms with Gasteiger partial charge in [-0.15, -0.1) is 6.42 Å². The van der Waals surface area contributed by atoms with Gasteiger partial charge >= 0.3 is 0 Å². The van der Waals surface area contributed by atoms with Crippen molar-refractivity contribution in [3.8, 4) is 12.3 Å². The van der Waals surface area contributed by atoms with Crippen LogP contribution in [-0.2, 0) is 37.6 Å². The van der Waals surface area contributed by atoms with Crippen molar-refractivity contribution in [2.24, 2.45) is 10.1 Å². The molecule has 1 aromatic heterocycles. The van der Waals surface area contributed by atoms with Gasteiger partial charge in [0.1, 0.15) is 0 Å². The summed E-state index contributed by atoms with van der Waals surface area (Å²) in [5.41, 5.74) is 1.24. The minimum Gasteiger partial charge on any atom is -0.305 e. The Morgan fingerprint density at radius 2 is 1.77 bits per heavy atom. The van der Waals surface area contributed by atoms with E-state index < -0.39 is 25.8 Å². The number of primary sulfonamides is 1. The number of carbonyl (C=O) groups is 1. The molecule has 2 aromatic carbocycles. The average Bonchev–Trinajstić information content (AvgIpc) is 2.97. The molecule has 0 aliphatic heterocycles.